The molecule has 0 unspecified atom stereocenters. The standard InChI is InChI=1S/C40H27N3/c1-2-11-29(12-3-1)38-26-39(43-40(42-38)36-17-8-13-27-10-4-5-14-31(27)36)30-21-19-28(20-22-30)32-23-24-35(37-18-9-25-41-37)34-16-7-6-15-33(32)34/h1-26,41H. The van der Waals surface area contributed by atoms with Crippen LogP contribution in [0.2, 0.25) is 0 Å². The summed E-state index contributed by atoms with van der Waals surface area (Å²) in [6.45, 7) is 0. The second-order valence-corrected chi connectivity index (χ2v) is 10.7. The van der Waals surface area contributed by atoms with E-state index in [0.29, 0.717) is 0 Å². The summed E-state index contributed by atoms with van der Waals surface area (Å²) in [4.78, 5) is 13.6. The van der Waals surface area contributed by atoms with Gasteiger partial charge in [-0.3, -0.25) is 0 Å². The van der Waals surface area contributed by atoms with Crippen LogP contribution in [0.4, 0.5) is 0 Å². The lowest BCUT2D eigenvalue weighted by atomic mass is 9.93. The van der Waals surface area contributed by atoms with Gasteiger partial charge in [0.05, 0.1) is 11.4 Å². The molecule has 0 aliphatic carbocycles. The molecule has 0 saturated carbocycles. The van der Waals surface area contributed by atoms with Crippen LogP contribution in [0.3, 0.4) is 0 Å². The molecule has 0 aliphatic rings. The van der Waals surface area contributed by atoms with E-state index in [1.165, 1.54) is 32.8 Å². The molecule has 6 aromatic carbocycles. The van der Waals surface area contributed by atoms with E-state index in [2.05, 4.69) is 145 Å². The molecule has 43 heavy (non-hydrogen) atoms. The number of fused-ring (bicyclic) bond motifs is 2. The van der Waals surface area contributed by atoms with Gasteiger partial charge in [0.2, 0.25) is 0 Å². The van der Waals surface area contributed by atoms with Gasteiger partial charge in [-0.05, 0) is 50.9 Å². The smallest absolute Gasteiger partial charge is 0.161 e. The summed E-state index contributed by atoms with van der Waals surface area (Å²) in [6.07, 6.45) is 1.97. The Hall–Kier alpha value is -5.80. The van der Waals surface area contributed by atoms with Crippen LogP contribution in [0.5, 0.6) is 0 Å². The molecule has 0 aliphatic heterocycles. The highest BCUT2D eigenvalue weighted by atomic mass is 14.9. The number of rotatable bonds is 5. The second kappa shape index (κ2) is 10.6. The molecule has 0 spiro atoms. The van der Waals surface area contributed by atoms with Crippen LogP contribution in [-0.2, 0) is 0 Å². The molecule has 0 fully saturated rings. The van der Waals surface area contributed by atoms with E-state index in [4.69, 9.17) is 9.97 Å². The Bertz CT molecular complexity index is 2210. The summed E-state index contributed by atoms with van der Waals surface area (Å²) in [5, 5.41) is 4.78. The molecule has 0 saturated heterocycles. The van der Waals surface area contributed by atoms with Crippen LogP contribution in [0.15, 0.2) is 158 Å². The van der Waals surface area contributed by atoms with Crippen molar-refractivity contribution in [2.24, 2.45) is 0 Å². The summed E-state index contributed by atoms with van der Waals surface area (Å²) < 4.78 is 0. The first-order valence-electron chi connectivity index (χ1n) is 14.5. The lowest BCUT2D eigenvalue weighted by Gasteiger charge is -2.13. The van der Waals surface area contributed by atoms with Crippen LogP contribution in [0, 0.1) is 0 Å². The highest BCUT2D eigenvalue weighted by Gasteiger charge is 2.14. The van der Waals surface area contributed by atoms with Gasteiger partial charge < -0.3 is 4.98 Å². The summed E-state index contributed by atoms with van der Waals surface area (Å²) in [5.74, 6) is 0.725. The van der Waals surface area contributed by atoms with Gasteiger partial charge in [-0.2, -0.15) is 0 Å². The fourth-order valence-corrected chi connectivity index (χ4v) is 6.00. The molecular weight excluding hydrogens is 522 g/mol. The highest BCUT2D eigenvalue weighted by molar-refractivity contribution is 6.04. The third-order valence-corrected chi connectivity index (χ3v) is 8.13. The fourth-order valence-electron chi connectivity index (χ4n) is 6.00. The average molecular weight is 550 g/mol. The van der Waals surface area contributed by atoms with Crippen LogP contribution in [0.25, 0.3) is 77.8 Å². The van der Waals surface area contributed by atoms with Crippen molar-refractivity contribution >= 4 is 21.5 Å². The average Bonchev–Trinajstić information content (AvgIpc) is 3.63. The van der Waals surface area contributed by atoms with Crippen molar-refractivity contribution in [2.75, 3.05) is 0 Å². The molecule has 202 valence electrons. The Morgan fingerprint density at radius 3 is 1.74 bits per heavy atom. The predicted molar refractivity (Wildman–Crippen MR) is 179 cm³/mol. The van der Waals surface area contributed by atoms with E-state index in [0.717, 1.165) is 45.0 Å². The normalized spacial score (nSPS) is 11.3. The van der Waals surface area contributed by atoms with Gasteiger partial charge in [0.15, 0.2) is 5.82 Å². The van der Waals surface area contributed by atoms with Gasteiger partial charge in [-0.25, -0.2) is 9.97 Å². The molecule has 0 atom stereocenters. The maximum absolute atomic E-state index is 5.13. The third kappa shape index (κ3) is 4.58. The number of nitrogens with one attached hydrogen (secondary N) is 1. The lowest BCUT2D eigenvalue weighted by Crippen LogP contribution is -1.96. The summed E-state index contributed by atoms with van der Waals surface area (Å²) >= 11 is 0. The second-order valence-electron chi connectivity index (χ2n) is 10.7. The van der Waals surface area contributed by atoms with Crippen LogP contribution in [0.1, 0.15) is 0 Å². The number of nitrogens with zero attached hydrogens (tertiary/aromatic N) is 2. The third-order valence-electron chi connectivity index (χ3n) is 8.13. The first-order chi connectivity index (χ1) is 21.3. The summed E-state index contributed by atoms with van der Waals surface area (Å²) in [7, 11) is 0. The van der Waals surface area contributed by atoms with E-state index in [1.54, 1.807) is 0 Å². The van der Waals surface area contributed by atoms with Crippen molar-refractivity contribution < 1.29 is 0 Å². The Labute approximate surface area is 250 Å². The quantitative estimate of drug-likeness (QED) is 0.232. The molecule has 2 aromatic heterocycles. The number of hydrogen-bond acceptors (Lipinski definition) is 2. The maximum atomic E-state index is 5.13. The molecule has 3 heteroatoms. The first kappa shape index (κ1) is 25.0. The Balaban J connectivity index is 1.24. The maximum Gasteiger partial charge on any atom is 0.161 e. The minimum Gasteiger partial charge on any atom is -0.361 e. The van der Waals surface area contributed by atoms with Gasteiger partial charge in [-0.15, -0.1) is 0 Å². The van der Waals surface area contributed by atoms with Crippen molar-refractivity contribution in [2.45, 2.75) is 0 Å². The number of aromatic nitrogens is 3. The zero-order valence-electron chi connectivity index (χ0n) is 23.4. The molecule has 8 aromatic rings. The van der Waals surface area contributed by atoms with Gasteiger partial charge in [0, 0.05) is 34.1 Å². The molecular formula is C40H27N3. The van der Waals surface area contributed by atoms with Gasteiger partial charge in [-0.1, -0.05) is 133 Å². The van der Waals surface area contributed by atoms with Crippen LogP contribution in [-0.4, -0.2) is 15.0 Å². The van der Waals surface area contributed by atoms with Crippen molar-refractivity contribution in [3.05, 3.63) is 158 Å². The Kier molecular flexibility index (Phi) is 6.12. The number of benzene rings is 6. The largest absolute Gasteiger partial charge is 0.361 e. The van der Waals surface area contributed by atoms with Crippen molar-refractivity contribution in [3.8, 4) is 56.3 Å². The molecule has 8 rings (SSSR count). The van der Waals surface area contributed by atoms with E-state index in [9.17, 15) is 0 Å². The van der Waals surface area contributed by atoms with Gasteiger partial charge in [0.25, 0.3) is 0 Å². The molecule has 0 bridgehead atoms. The highest BCUT2D eigenvalue weighted by Crippen LogP contribution is 2.36. The van der Waals surface area contributed by atoms with Crippen molar-refractivity contribution in [1.29, 1.82) is 0 Å². The fraction of sp³-hybridized carbons (Fsp3) is 0. The molecule has 2 heterocycles. The van der Waals surface area contributed by atoms with Gasteiger partial charge in [0.1, 0.15) is 0 Å². The lowest BCUT2D eigenvalue weighted by molar-refractivity contribution is 1.19. The summed E-state index contributed by atoms with van der Waals surface area (Å²) in [5.41, 5.74) is 9.66. The number of aromatic amines is 1. The predicted octanol–water partition coefficient (Wildman–Crippen LogP) is 10.4. The van der Waals surface area contributed by atoms with E-state index >= 15 is 0 Å². The SMILES string of the molecule is c1ccc(-c2cc(-c3ccc(-c4ccc(-c5ccc[nH]5)c5ccccc45)cc3)nc(-c3cccc4ccccc34)n2)cc1. The van der Waals surface area contributed by atoms with E-state index in [-0.39, 0.29) is 0 Å². The topological polar surface area (TPSA) is 41.6 Å². The molecule has 0 radical (unpaired) electrons. The van der Waals surface area contributed by atoms with Crippen LogP contribution >= 0.6 is 0 Å². The zero-order chi connectivity index (χ0) is 28.6. The minimum atomic E-state index is 0.725. The molecule has 1 N–H and O–H groups in total. The first-order valence-corrected chi connectivity index (χ1v) is 14.5. The van der Waals surface area contributed by atoms with Crippen molar-refractivity contribution in [1.82, 2.24) is 15.0 Å². The monoisotopic (exact) mass is 549 g/mol. The molecule has 3 nitrogen and oxygen atoms in total. The Morgan fingerprint density at radius 2 is 1.00 bits per heavy atom. The zero-order valence-corrected chi connectivity index (χ0v) is 23.4. The molecule has 0 amide bonds. The van der Waals surface area contributed by atoms with E-state index in [1.807, 2.05) is 18.3 Å². The Morgan fingerprint density at radius 1 is 0.395 bits per heavy atom. The minimum absolute atomic E-state index is 0.725. The van der Waals surface area contributed by atoms with Crippen molar-refractivity contribution in [3.63, 3.8) is 0 Å². The van der Waals surface area contributed by atoms with Crippen LogP contribution < -0.4 is 0 Å². The van der Waals surface area contributed by atoms with E-state index < -0.39 is 0 Å². The summed E-state index contributed by atoms with van der Waals surface area (Å²) in [6, 6.07) is 53.1. The number of H-pyrrole nitrogens is 1. The number of hydrogen-bond donors (Lipinski definition) is 1. The van der Waals surface area contributed by atoms with Gasteiger partial charge >= 0.3 is 0 Å².